The Labute approximate surface area is 233 Å². The average Bonchev–Trinajstić information content (AvgIpc) is 3.26. The lowest BCUT2D eigenvalue weighted by molar-refractivity contribution is -0.637. The molecule has 4 N–H and O–H groups in total. The molecule has 0 spiro atoms. The fraction of sp³-hybridized carbons (Fsp3) is 0.762. The smallest absolute Gasteiger partial charge is 0.444 e. The van der Waals surface area contributed by atoms with E-state index in [0.29, 0.717) is 0 Å². The molecule has 0 aliphatic carbocycles. The minimum atomic E-state index is -4.53. The minimum Gasteiger partial charge on any atom is -0.467 e. The van der Waals surface area contributed by atoms with E-state index in [1.54, 1.807) is 0 Å². The predicted octanol–water partition coefficient (Wildman–Crippen LogP) is -3.60. The number of fused-ring (bicyclic) bond motifs is 1. The zero-order chi connectivity index (χ0) is 30.6. The molecule has 3 aliphatic heterocycles. The van der Waals surface area contributed by atoms with Gasteiger partial charge >= 0.3 is 34.3 Å². The highest BCUT2D eigenvalue weighted by Crippen LogP contribution is 2.36. The van der Waals surface area contributed by atoms with E-state index in [0.717, 1.165) is 27.9 Å². The number of carbonyl (C=O) groups excluding carboxylic acids is 4. The second-order valence-electron chi connectivity index (χ2n) is 8.87. The predicted molar refractivity (Wildman–Crippen MR) is 124 cm³/mol. The van der Waals surface area contributed by atoms with Gasteiger partial charge in [0.15, 0.2) is 36.6 Å². The molecule has 19 nitrogen and oxygen atoms in total. The van der Waals surface area contributed by atoms with Crippen LogP contribution in [0.2, 0.25) is 0 Å². The molecule has 0 bridgehead atoms. The number of nitrogens with zero attached hydrogens (tertiary/aromatic N) is 1. The van der Waals surface area contributed by atoms with Crippen molar-refractivity contribution in [2.45, 2.75) is 89.0 Å². The molecule has 0 aromatic rings. The number of hydrogen-bond acceptors (Lipinski definition) is 18. The first-order valence-corrected chi connectivity index (χ1v) is 13.3. The van der Waals surface area contributed by atoms with Crippen LogP contribution < -0.4 is 5.90 Å². The molecular formula is C21H31N2O17S+. The molecule has 0 aromatic heterocycles. The zero-order valence-corrected chi connectivity index (χ0v) is 23.3. The molecule has 2 fully saturated rings. The Hall–Kier alpha value is -2.98. The van der Waals surface area contributed by atoms with Crippen molar-refractivity contribution in [3.05, 3.63) is 0 Å². The van der Waals surface area contributed by atoms with Gasteiger partial charge in [-0.25, -0.2) is 14.0 Å². The van der Waals surface area contributed by atoms with Crippen LogP contribution >= 0.6 is 0 Å². The third-order valence-corrected chi connectivity index (χ3v) is 6.62. The van der Waals surface area contributed by atoms with Gasteiger partial charge in [0.2, 0.25) is 6.29 Å². The van der Waals surface area contributed by atoms with Crippen molar-refractivity contribution in [1.82, 2.24) is 0 Å². The third-order valence-electron chi connectivity index (χ3n) is 5.91. The Morgan fingerprint density at radius 3 is 2.10 bits per heavy atom. The second kappa shape index (κ2) is 13.3. The quantitative estimate of drug-likeness (QED) is 0.137. The molecule has 0 radical (unpaired) electrons. The molecule has 0 unspecified atom stereocenters. The summed E-state index contributed by atoms with van der Waals surface area (Å²) >= 11 is 0. The Kier molecular flexibility index (Phi) is 10.6. The van der Waals surface area contributed by atoms with E-state index < -0.39 is 102 Å². The van der Waals surface area contributed by atoms with Crippen LogP contribution in [0.5, 0.6) is 0 Å². The molecule has 232 valence electrons. The van der Waals surface area contributed by atoms with Gasteiger partial charge in [-0.15, -0.1) is 0 Å². The van der Waals surface area contributed by atoms with E-state index in [9.17, 15) is 32.7 Å². The highest BCUT2D eigenvalue weighted by Gasteiger charge is 2.58. The standard InChI is InChI=1S/C21H31N2O17S/c1-7-23-12-14(13(27)11(37-20(12)33-7)6-32-41(29,30)40-22)38-21-18(36-10(4)26)16(35-9(3)25)15(34-8(2)24)17(39-21)19(28)31-5/h11-18,20-21,27H,6H2,1-5,22H3/q+1/t11-,12-,13+,14-,15+,16+,17+,18-,20+,21-/m1/s1. The lowest BCUT2D eigenvalue weighted by Gasteiger charge is -2.46. The van der Waals surface area contributed by atoms with Crippen molar-refractivity contribution < 1.29 is 85.0 Å². The molecular weight excluding hydrogens is 584 g/mol. The van der Waals surface area contributed by atoms with Crippen molar-refractivity contribution >= 4 is 40.2 Å². The van der Waals surface area contributed by atoms with Crippen molar-refractivity contribution in [3.8, 4) is 0 Å². The molecule has 20 heteroatoms. The largest absolute Gasteiger partial charge is 0.467 e. The molecule has 3 rings (SSSR count). The van der Waals surface area contributed by atoms with Crippen LogP contribution in [0, 0.1) is 0 Å². The molecule has 0 saturated carbocycles. The Balaban J connectivity index is 2.00. The number of esters is 4. The second-order valence-corrected chi connectivity index (χ2v) is 10.2. The summed E-state index contributed by atoms with van der Waals surface area (Å²) in [4.78, 5) is 52.8. The van der Waals surface area contributed by atoms with Crippen molar-refractivity contribution in [2.75, 3.05) is 13.7 Å². The minimum absolute atomic E-state index is 0.123. The summed E-state index contributed by atoms with van der Waals surface area (Å²) in [6, 6.07) is -1.08. The zero-order valence-electron chi connectivity index (χ0n) is 22.5. The van der Waals surface area contributed by atoms with Gasteiger partial charge in [0.1, 0.15) is 24.4 Å². The van der Waals surface area contributed by atoms with Gasteiger partial charge in [-0.3, -0.25) is 14.4 Å². The highest BCUT2D eigenvalue weighted by atomic mass is 32.3. The first-order chi connectivity index (χ1) is 19.2. The maximum atomic E-state index is 12.7. The summed E-state index contributed by atoms with van der Waals surface area (Å²) in [6.45, 7) is 3.75. The molecule has 41 heavy (non-hydrogen) atoms. The number of ether oxygens (including phenoxy) is 8. The van der Waals surface area contributed by atoms with Crippen LogP contribution in [0.25, 0.3) is 0 Å². The number of aliphatic hydroxyl groups is 1. The topological polar surface area (TPSA) is 255 Å². The molecule has 10 atom stereocenters. The fourth-order valence-electron chi connectivity index (χ4n) is 4.37. The van der Waals surface area contributed by atoms with Crippen LogP contribution in [0.3, 0.4) is 0 Å². The Morgan fingerprint density at radius 1 is 0.951 bits per heavy atom. The van der Waals surface area contributed by atoms with Gasteiger partial charge in [-0.2, -0.15) is 14.3 Å². The van der Waals surface area contributed by atoms with Crippen LogP contribution in [-0.2, 0) is 75.9 Å². The Morgan fingerprint density at radius 2 is 1.54 bits per heavy atom. The van der Waals surface area contributed by atoms with Gasteiger partial charge < -0.3 is 43.0 Å². The molecule has 0 amide bonds. The van der Waals surface area contributed by atoms with Crippen molar-refractivity contribution in [1.29, 1.82) is 0 Å². The SMILES string of the molecule is COC(=O)[C@H]1O[C@@H](O[C@H]2[C@@H](O)[C@@H](COS(=O)(=O)O[NH3+])O[C@@H]3OC(C)=N[C@@H]32)[C@H](OC(C)=O)[C@@H](OC(C)=O)[C@@H]1OC(C)=O. The van der Waals surface area contributed by atoms with E-state index in [4.69, 9.17) is 37.9 Å². The summed E-state index contributed by atoms with van der Waals surface area (Å²) in [5.74, 6) is -0.902. The lowest BCUT2D eigenvalue weighted by Crippen LogP contribution is -2.66. The third kappa shape index (κ3) is 7.86. The van der Waals surface area contributed by atoms with Gasteiger partial charge in [0, 0.05) is 27.7 Å². The first kappa shape index (κ1) is 32.5. The number of hydrogen-bond donors (Lipinski definition) is 2. The van der Waals surface area contributed by atoms with Crippen LogP contribution in [0.1, 0.15) is 27.7 Å². The monoisotopic (exact) mass is 615 g/mol. The van der Waals surface area contributed by atoms with Crippen molar-refractivity contribution in [3.63, 3.8) is 0 Å². The maximum Gasteiger partial charge on any atom is 0.444 e. The van der Waals surface area contributed by atoms with Crippen molar-refractivity contribution in [2.24, 2.45) is 4.99 Å². The van der Waals surface area contributed by atoms with E-state index in [1.165, 1.54) is 6.92 Å². The fourth-order valence-corrected chi connectivity index (χ4v) is 4.74. The molecule has 3 aliphatic rings. The van der Waals surface area contributed by atoms with E-state index in [2.05, 4.69) is 19.4 Å². The highest BCUT2D eigenvalue weighted by molar-refractivity contribution is 7.81. The van der Waals surface area contributed by atoms with Crippen LogP contribution in [-0.4, -0.2) is 118 Å². The summed E-state index contributed by atoms with van der Waals surface area (Å²) < 4.78 is 75.2. The molecule has 2 saturated heterocycles. The van der Waals surface area contributed by atoms with Gasteiger partial charge in [-0.05, 0) is 0 Å². The number of quaternary nitrogens is 1. The van der Waals surface area contributed by atoms with Gasteiger partial charge in [-0.1, -0.05) is 4.28 Å². The van der Waals surface area contributed by atoms with Crippen LogP contribution in [0.4, 0.5) is 0 Å². The lowest BCUT2D eigenvalue weighted by atomic mass is 9.95. The van der Waals surface area contributed by atoms with E-state index in [1.807, 2.05) is 0 Å². The molecule has 0 aromatic carbocycles. The summed E-state index contributed by atoms with van der Waals surface area (Å²) in [6.07, 6.45) is -14.3. The van der Waals surface area contributed by atoms with Gasteiger partial charge in [0.05, 0.1) is 13.7 Å². The normalized spacial score (nSPS) is 34.9. The number of carbonyl (C=O) groups is 4. The molecule has 3 heterocycles. The number of aliphatic imine (C=N–C) groups is 1. The van der Waals surface area contributed by atoms with Crippen LogP contribution in [0.15, 0.2) is 4.99 Å². The first-order valence-electron chi connectivity index (χ1n) is 11.9. The van der Waals surface area contributed by atoms with E-state index >= 15 is 0 Å². The van der Waals surface area contributed by atoms with Gasteiger partial charge in [0.25, 0.3) is 0 Å². The Bertz CT molecular complexity index is 1140. The number of aliphatic hydroxyl groups excluding tert-OH is 1. The number of methoxy groups -OCH3 is 1. The maximum absolute atomic E-state index is 12.7. The average molecular weight is 616 g/mol. The van der Waals surface area contributed by atoms with E-state index in [-0.39, 0.29) is 5.90 Å². The summed E-state index contributed by atoms with van der Waals surface area (Å²) in [5.41, 5.74) is 0. The number of rotatable bonds is 10. The summed E-state index contributed by atoms with van der Waals surface area (Å²) in [5, 5.41) is 11.1. The summed E-state index contributed by atoms with van der Waals surface area (Å²) in [7, 11) is -3.52.